The Morgan fingerprint density at radius 3 is 2.33 bits per heavy atom. The number of carbonyl (C=O) groups is 3. The van der Waals surface area contributed by atoms with Gasteiger partial charge in [0.1, 0.15) is 5.54 Å². The zero-order valence-electron chi connectivity index (χ0n) is 21.6. The van der Waals surface area contributed by atoms with Crippen LogP contribution in [0.2, 0.25) is 0 Å². The van der Waals surface area contributed by atoms with Gasteiger partial charge in [0, 0.05) is 29.6 Å². The van der Waals surface area contributed by atoms with Gasteiger partial charge in [0.05, 0.1) is 18.4 Å². The lowest BCUT2D eigenvalue weighted by molar-refractivity contribution is -0.151. The number of imide groups is 1. The Morgan fingerprint density at radius 2 is 1.62 bits per heavy atom. The Bertz CT molecular complexity index is 1680. The first kappa shape index (κ1) is 25.4. The van der Waals surface area contributed by atoms with Crippen molar-refractivity contribution in [3.63, 3.8) is 0 Å². The Balaban J connectivity index is 1.39. The second-order valence-electron chi connectivity index (χ2n) is 10.3. The molecule has 1 aromatic heterocycles. The van der Waals surface area contributed by atoms with Gasteiger partial charge in [0.25, 0.3) is 0 Å². The minimum absolute atomic E-state index is 0.0187. The summed E-state index contributed by atoms with van der Waals surface area (Å²) in [6, 6.07) is 24.4. The maximum absolute atomic E-state index is 13.6. The van der Waals surface area contributed by atoms with Gasteiger partial charge in [0.2, 0.25) is 11.8 Å². The van der Waals surface area contributed by atoms with E-state index in [9.17, 15) is 19.5 Å². The van der Waals surface area contributed by atoms with Crippen LogP contribution in [0.15, 0.2) is 85.1 Å². The van der Waals surface area contributed by atoms with Gasteiger partial charge in [-0.2, -0.15) is 0 Å². The van der Waals surface area contributed by atoms with Crippen LogP contribution in [-0.4, -0.2) is 44.9 Å². The molecule has 198 valence electrons. The summed E-state index contributed by atoms with van der Waals surface area (Å²) in [7, 11) is 0. The molecule has 0 spiro atoms. The van der Waals surface area contributed by atoms with Gasteiger partial charge in [-0.1, -0.05) is 90.9 Å². The third-order valence-electron chi connectivity index (χ3n) is 8.08. The van der Waals surface area contributed by atoms with Gasteiger partial charge < -0.3 is 10.1 Å². The van der Waals surface area contributed by atoms with E-state index in [4.69, 9.17) is 6.42 Å². The number of benzene rings is 3. The Labute approximate surface area is 231 Å². The summed E-state index contributed by atoms with van der Waals surface area (Å²) in [5, 5.41) is 14.8. The topological polar surface area (TPSA) is 102 Å². The number of aliphatic carboxylic acids is 1. The molecule has 0 saturated carbocycles. The van der Waals surface area contributed by atoms with Crippen molar-refractivity contribution >= 4 is 40.8 Å². The molecule has 2 saturated heterocycles. The summed E-state index contributed by atoms with van der Waals surface area (Å²) in [6.45, 7) is -0.191. The number of fused-ring (bicyclic) bond motifs is 2. The van der Waals surface area contributed by atoms with Gasteiger partial charge in [-0.05, 0) is 28.3 Å². The number of H-pyrrole nitrogens is 1. The molecular weight excluding hydrogens is 502 g/mol. The van der Waals surface area contributed by atoms with Gasteiger partial charge in [0.15, 0.2) is 0 Å². The largest absolute Gasteiger partial charge is 0.480 e. The highest BCUT2D eigenvalue weighted by molar-refractivity contribution is 6.09. The van der Waals surface area contributed by atoms with Crippen molar-refractivity contribution in [2.45, 2.75) is 18.0 Å². The molecule has 3 N–H and O–H groups in total. The number of aromatic nitrogens is 1. The summed E-state index contributed by atoms with van der Waals surface area (Å²) < 4.78 is 0. The molecule has 2 aliphatic heterocycles. The van der Waals surface area contributed by atoms with Crippen LogP contribution >= 0.6 is 0 Å². The fraction of sp³-hybridized carbons (Fsp3) is 0.182. The highest BCUT2D eigenvalue weighted by Crippen LogP contribution is 2.50. The number of carbonyl (C=O) groups excluding carboxylic acids is 2. The Morgan fingerprint density at radius 1 is 0.950 bits per heavy atom. The maximum atomic E-state index is 13.6. The number of carboxylic acid groups (broad SMARTS) is 1. The Hall–Kier alpha value is -4.93. The molecule has 7 heteroatoms. The number of hydrogen-bond donors (Lipinski definition) is 3. The number of terminal acetylenes is 1. The minimum Gasteiger partial charge on any atom is -0.480 e. The number of nitrogens with zero attached hydrogens (tertiary/aromatic N) is 1. The molecule has 4 atom stereocenters. The lowest BCUT2D eigenvalue weighted by Crippen LogP contribution is -2.57. The van der Waals surface area contributed by atoms with E-state index in [-0.39, 0.29) is 13.0 Å². The zero-order chi connectivity index (χ0) is 27.9. The zero-order valence-corrected chi connectivity index (χ0v) is 21.6. The van der Waals surface area contributed by atoms with Crippen molar-refractivity contribution < 1.29 is 19.5 Å². The number of carboxylic acids is 1. The lowest BCUT2D eigenvalue weighted by atomic mass is 9.76. The van der Waals surface area contributed by atoms with E-state index < -0.39 is 41.2 Å². The predicted molar refractivity (Wildman–Crippen MR) is 153 cm³/mol. The third kappa shape index (κ3) is 4.10. The van der Waals surface area contributed by atoms with Crippen LogP contribution in [0.1, 0.15) is 28.3 Å². The quantitative estimate of drug-likeness (QED) is 0.188. The molecule has 4 unspecified atom stereocenters. The molecule has 3 aromatic carbocycles. The number of hydrogen-bond acceptors (Lipinski definition) is 4. The van der Waals surface area contributed by atoms with E-state index in [0.29, 0.717) is 0 Å². The van der Waals surface area contributed by atoms with Crippen LogP contribution in [0.3, 0.4) is 0 Å². The van der Waals surface area contributed by atoms with Gasteiger partial charge >= 0.3 is 5.97 Å². The summed E-state index contributed by atoms with van der Waals surface area (Å²) >= 11 is 0. The minimum atomic E-state index is -1.71. The normalized spacial score (nSPS) is 24.1. The second-order valence-corrected chi connectivity index (χ2v) is 10.3. The van der Waals surface area contributed by atoms with Crippen molar-refractivity contribution in [3.8, 4) is 12.3 Å². The maximum Gasteiger partial charge on any atom is 0.325 e. The van der Waals surface area contributed by atoms with Crippen LogP contribution in [0.5, 0.6) is 0 Å². The molecule has 40 heavy (non-hydrogen) atoms. The molecule has 3 heterocycles. The molecular formula is C33H27N3O4. The van der Waals surface area contributed by atoms with Crippen molar-refractivity contribution in [1.82, 2.24) is 15.2 Å². The fourth-order valence-electron chi connectivity index (χ4n) is 6.18. The van der Waals surface area contributed by atoms with Gasteiger partial charge in [-0.3, -0.25) is 24.6 Å². The lowest BCUT2D eigenvalue weighted by Gasteiger charge is -2.31. The summed E-state index contributed by atoms with van der Waals surface area (Å²) in [4.78, 5) is 44.5. The molecule has 2 aliphatic rings. The monoisotopic (exact) mass is 529 g/mol. The second kappa shape index (κ2) is 9.99. The predicted octanol–water partition coefficient (Wildman–Crippen LogP) is 4.28. The summed E-state index contributed by atoms with van der Waals surface area (Å²) in [5.41, 5.74) is 2.67. The van der Waals surface area contributed by atoms with Gasteiger partial charge in [-0.25, -0.2) is 0 Å². The number of rotatable bonds is 7. The van der Waals surface area contributed by atoms with E-state index in [1.807, 2.05) is 91.0 Å². The van der Waals surface area contributed by atoms with Crippen LogP contribution in [0.25, 0.3) is 23.1 Å². The smallest absolute Gasteiger partial charge is 0.325 e. The molecule has 2 amide bonds. The number of para-hydroxylation sites is 1. The van der Waals surface area contributed by atoms with E-state index in [0.717, 1.165) is 38.1 Å². The van der Waals surface area contributed by atoms with Crippen molar-refractivity contribution in [1.29, 1.82) is 0 Å². The third-order valence-corrected chi connectivity index (χ3v) is 8.08. The van der Waals surface area contributed by atoms with Gasteiger partial charge in [-0.15, -0.1) is 6.42 Å². The molecule has 4 aromatic rings. The van der Waals surface area contributed by atoms with Crippen LogP contribution in [0, 0.1) is 24.2 Å². The average Bonchev–Trinajstić information content (AvgIpc) is 3.62. The van der Waals surface area contributed by atoms with E-state index in [1.165, 1.54) is 0 Å². The number of aromatic amines is 1. The molecule has 0 bridgehead atoms. The van der Waals surface area contributed by atoms with E-state index >= 15 is 0 Å². The fourth-order valence-corrected chi connectivity index (χ4v) is 6.18. The SMILES string of the molecule is C#CCN1C(=O)C2C(c3ccc(C=Cc4ccccc4)cc3)NC(Cc3c[nH]c4ccccc34)(C(=O)O)C2C1=O. The van der Waals surface area contributed by atoms with E-state index in [1.54, 1.807) is 6.20 Å². The summed E-state index contributed by atoms with van der Waals surface area (Å²) in [5.74, 6) is -1.80. The molecule has 0 aliphatic carbocycles. The number of nitrogens with one attached hydrogen (secondary N) is 2. The van der Waals surface area contributed by atoms with E-state index in [2.05, 4.69) is 16.2 Å². The van der Waals surface area contributed by atoms with Crippen LogP contribution in [0.4, 0.5) is 0 Å². The van der Waals surface area contributed by atoms with Crippen LogP contribution < -0.4 is 5.32 Å². The number of amides is 2. The highest BCUT2D eigenvalue weighted by atomic mass is 16.4. The first-order valence-electron chi connectivity index (χ1n) is 13.1. The molecule has 0 radical (unpaired) electrons. The van der Waals surface area contributed by atoms with Crippen LogP contribution in [-0.2, 0) is 20.8 Å². The first-order chi connectivity index (χ1) is 19.4. The number of likely N-dealkylation sites (tertiary alicyclic amines) is 1. The highest BCUT2D eigenvalue weighted by Gasteiger charge is 2.68. The van der Waals surface area contributed by atoms with Crippen molar-refractivity contribution in [3.05, 3.63) is 107 Å². The average molecular weight is 530 g/mol. The molecule has 7 nitrogen and oxygen atoms in total. The molecule has 2 fully saturated rings. The van der Waals surface area contributed by atoms with Crippen molar-refractivity contribution in [2.75, 3.05) is 6.54 Å². The summed E-state index contributed by atoms with van der Waals surface area (Å²) in [6.07, 6.45) is 11.3. The standard InChI is InChI=1S/C33H27N3O4/c1-2-18-36-30(37)27-28(31(36)38)33(32(39)40,19-24-20-34-26-11-7-6-10-25(24)26)35-29(27)23-16-14-22(15-17-23)13-12-21-8-4-3-5-9-21/h1,3-17,20,27-29,34-35H,18-19H2,(H,39,40). The molecule has 6 rings (SSSR count). The Kier molecular flexibility index (Phi) is 6.33. The van der Waals surface area contributed by atoms with Crippen molar-refractivity contribution in [2.24, 2.45) is 11.8 Å². The first-order valence-corrected chi connectivity index (χ1v) is 13.1.